The molecule has 2 aromatic carbocycles. The predicted molar refractivity (Wildman–Crippen MR) is 113 cm³/mol. The quantitative estimate of drug-likeness (QED) is 0.521. The van der Waals surface area contributed by atoms with Crippen molar-refractivity contribution in [3.05, 3.63) is 64.5 Å². The fraction of sp³-hybridized carbons (Fsp3) is 0.250. The lowest BCUT2D eigenvalue weighted by atomic mass is 10.1. The van der Waals surface area contributed by atoms with Crippen LogP contribution < -0.4 is 4.74 Å². The minimum absolute atomic E-state index is 0.117. The summed E-state index contributed by atoms with van der Waals surface area (Å²) in [5.74, 6) is -0.0183. The molecular formula is C20H21BrFN3O3S. The summed E-state index contributed by atoms with van der Waals surface area (Å²) in [6.45, 7) is 0.326. The molecule has 3 rings (SSSR count). The first-order valence-corrected chi connectivity index (χ1v) is 11.1. The maximum Gasteiger partial charge on any atom is 0.246 e. The Morgan fingerprint density at radius 1 is 1.21 bits per heavy atom. The maximum atomic E-state index is 13.4. The molecule has 1 N–H and O–H groups in total. The van der Waals surface area contributed by atoms with E-state index in [1.54, 1.807) is 31.3 Å². The summed E-state index contributed by atoms with van der Waals surface area (Å²) < 4.78 is 46.3. The van der Waals surface area contributed by atoms with Crippen LogP contribution in [0.5, 0.6) is 5.75 Å². The van der Waals surface area contributed by atoms with Crippen molar-refractivity contribution in [2.75, 3.05) is 20.7 Å². The van der Waals surface area contributed by atoms with Gasteiger partial charge in [-0.25, -0.2) is 17.1 Å². The maximum absolute atomic E-state index is 13.4. The summed E-state index contributed by atoms with van der Waals surface area (Å²) in [4.78, 5) is 0.117. The number of hydrogen-bond donors (Lipinski definition) is 1. The summed E-state index contributed by atoms with van der Waals surface area (Å²) >= 11 is 3.30. The van der Waals surface area contributed by atoms with Gasteiger partial charge in [-0.1, -0.05) is 28.1 Å². The summed E-state index contributed by atoms with van der Waals surface area (Å²) in [6, 6.07) is 12.9. The van der Waals surface area contributed by atoms with Crippen molar-refractivity contribution < 1.29 is 17.5 Å². The van der Waals surface area contributed by atoms with Gasteiger partial charge in [0.15, 0.2) is 0 Å². The van der Waals surface area contributed by atoms with Crippen LogP contribution in [0.2, 0.25) is 0 Å². The van der Waals surface area contributed by atoms with Crippen LogP contribution in [0, 0.1) is 5.82 Å². The van der Waals surface area contributed by atoms with Crippen molar-refractivity contribution in [3.8, 4) is 17.0 Å². The monoisotopic (exact) mass is 481 g/mol. The van der Waals surface area contributed by atoms with E-state index in [2.05, 4.69) is 26.1 Å². The molecule has 0 amide bonds. The highest BCUT2D eigenvalue weighted by molar-refractivity contribution is 9.10. The number of ether oxygens (including phenoxy) is 1. The molecule has 0 spiro atoms. The number of nitrogens with one attached hydrogen (secondary N) is 1. The molecule has 0 saturated carbocycles. The van der Waals surface area contributed by atoms with Gasteiger partial charge >= 0.3 is 0 Å². The van der Waals surface area contributed by atoms with Crippen molar-refractivity contribution >= 4 is 26.0 Å². The molecule has 6 nitrogen and oxygen atoms in total. The van der Waals surface area contributed by atoms with Crippen molar-refractivity contribution in [2.45, 2.75) is 17.7 Å². The van der Waals surface area contributed by atoms with E-state index in [0.717, 1.165) is 5.69 Å². The Balaban J connectivity index is 1.64. The molecule has 1 aromatic heterocycles. The number of aromatic amines is 1. The van der Waals surface area contributed by atoms with Crippen molar-refractivity contribution in [1.82, 2.24) is 14.5 Å². The average molecular weight is 482 g/mol. The Morgan fingerprint density at radius 3 is 2.72 bits per heavy atom. The number of H-pyrrole nitrogens is 1. The second-order valence-electron chi connectivity index (χ2n) is 6.51. The van der Waals surface area contributed by atoms with Crippen LogP contribution in [-0.4, -0.2) is 43.6 Å². The lowest BCUT2D eigenvalue weighted by Gasteiger charge is -2.19. The van der Waals surface area contributed by atoms with Gasteiger partial charge in [-0.15, -0.1) is 0 Å². The SMILES string of the molecule is COc1ccc(Br)cc1S(=O)(=O)N(C)CCCc1cc(-c2cccc(F)c2)n[nH]1. The molecule has 9 heteroatoms. The van der Waals surface area contributed by atoms with Crippen LogP contribution in [0.1, 0.15) is 12.1 Å². The molecule has 1 heterocycles. The van der Waals surface area contributed by atoms with E-state index in [0.29, 0.717) is 40.9 Å². The number of rotatable bonds is 8. The van der Waals surface area contributed by atoms with E-state index in [1.807, 2.05) is 6.07 Å². The molecule has 0 unspecified atom stereocenters. The number of aromatic nitrogens is 2. The Kier molecular flexibility index (Phi) is 6.71. The molecule has 0 aliphatic heterocycles. The van der Waals surface area contributed by atoms with Crippen LogP contribution in [0.25, 0.3) is 11.3 Å². The normalized spacial score (nSPS) is 11.8. The number of hydrogen-bond acceptors (Lipinski definition) is 4. The highest BCUT2D eigenvalue weighted by Crippen LogP contribution is 2.29. The molecular weight excluding hydrogens is 461 g/mol. The molecule has 0 saturated heterocycles. The third-order valence-corrected chi connectivity index (χ3v) is 6.86. The van der Waals surface area contributed by atoms with Crippen LogP contribution in [0.3, 0.4) is 0 Å². The van der Waals surface area contributed by atoms with E-state index in [1.165, 1.54) is 29.6 Å². The van der Waals surface area contributed by atoms with Gasteiger partial charge < -0.3 is 4.74 Å². The summed E-state index contributed by atoms with van der Waals surface area (Å²) in [5.41, 5.74) is 2.20. The molecule has 0 aliphatic carbocycles. The van der Waals surface area contributed by atoms with Crippen molar-refractivity contribution in [1.29, 1.82) is 0 Å². The smallest absolute Gasteiger partial charge is 0.246 e. The number of nitrogens with zero attached hydrogens (tertiary/aromatic N) is 2. The summed E-state index contributed by atoms with van der Waals surface area (Å²) in [7, 11) is -0.707. The number of aryl methyl sites for hydroxylation is 1. The number of halogens is 2. The van der Waals surface area contributed by atoms with Crippen LogP contribution in [-0.2, 0) is 16.4 Å². The standard InChI is InChI=1S/C20H21BrFN3O3S/c1-25(29(26,27)20-12-15(21)8-9-19(20)28-2)10-4-7-17-13-18(24-23-17)14-5-3-6-16(22)11-14/h3,5-6,8-9,11-13H,4,7,10H2,1-2H3,(H,23,24). The fourth-order valence-corrected chi connectivity index (χ4v) is 4.82. The van der Waals surface area contributed by atoms with Gasteiger partial charge in [0.25, 0.3) is 0 Å². The highest BCUT2D eigenvalue weighted by Gasteiger charge is 2.24. The molecule has 154 valence electrons. The fourth-order valence-electron chi connectivity index (χ4n) is 2.92. The number of methoxy groups -OCH3 is 1. The van der Waals surface area contributed by atoms with Crippen LogP contribution >= 0.6 is 15.9 Å². The zero-order valence-electron chi connectivity index (χ0n) is 16.0. The average Bonchev–Trinajstić information content (AvgIpc) is 3.17. The van der Waals surface area contributed by atoms with Gasteiger partial charge in [0.2, 0.25) is 10.0 Å². The Labute approximate surface area is 177 Å². The first-order valence-electron chi connectivity index (χ1n) is 8.91. The van der Waals surface area contributed by atoms with E-state index in [4.69, 9.17) is 4.74 Å². The molecule has 3 aromatic rings. The first kappa shape index (κ1) is 21.5. The summed E-state index contributed by atoms with van der Waals surface area (Å²) in [6.07, 6.45) is 1.20. The lowest BCUT2D eigenvalue weighted by molar-refractivity contribution is 0.397. The number of sulfonamides is 1. The summed E-state index contributed by atoms with van der Waals surface area (Å²) in [5, 5.41) is 7.14. The van der Waals surface area contributed by atoms with E-state index >= 15 is 0 Å². The molecule has 29 heavy (non-hydrogen) atoms. The molecule has 0 fully saturated rings. The van der Waals surface area contributed by atoms with Gasteiger partial charge in [0, 0.05) is 29.3 Å². The second kappa shape index (κ2) is 9.06. The van der Waals surface area contributed by atoms with Gasteiger partial charge in [-0.3, -0.25) is 5.10 Å². The minimum atomic E-state index is -3.69. The zero-order valence-corrected chi connectivity index (χ0v) is 18.4. The minimum Gasteiger partial charge on any atom is -0.495 e. The van der Waals surface area contributed by atoms with Gasteiger partial charge in [-0.05, 0) is 49.2 Å². The lowest BCUT2D eigenvalue weighted by Crippen LogP contribution is -2.28. The largest absolute Gasteiger partial charge is 0.495 e. The topological polar surface area (TPSA) is 75.3 Å². The third kappa shape index (κ3) is 5.04. The van der Waals surface area contributed by atoms with Gasteiger partial charge in [-0.2, -0.15) is 5.10 Å². The molecule has 0 atom stereocenters. The molecule has 0 aliphatic rings. The van der Waals surface area contributed by atoms with Gasteiger partial charge in [0.1, 0.15) is 16.5 Å². The van der Waals surface area contributed by atoms with E-state index in [9.17, 15) is 12.8 Å². The van der Waals surface area contributed by atoms with E-state index < -0.39 is 10.0 Å². The van der Waals surface area contributed by atoms with Gasteiger partial charge in [0.05, 0.1) is 12.8 Å². The Morgan fingerprint density at radius 2 is 2.00 bits per heavy atom. The number of benzene rings is 2. The zero-order chi connectivity index (χ0) is 21.0. The van der Waals surface area contributed by atoms with Crippen LogP contribution in [0.15, 0.2) is 57.9 Å². The third-order valence-electron chi connectivity index (χ3n) is 4.48. The molecule has 0 bridgehead atoms. The Hall–Kier alpha value is -2.23. The predicted octanol–water partition coefficient (Wildman–Crippen LogP) is 4.24. The molecule has 0 radical (unpaired) electrons. The Bertz CT molecular complexity index is 1100. The van der Waals surface area contributed by atoms with Crippen molar-refractivity contribution in [2.24, 2.45) is 0 Å². The first-order chi connectivity index (χ1) is 13.8. The van der Waals surface area contributed by atoms with Crippen molar-refractivity contribution in [3.63, 3.8) is 0 Å². The highest BCUT2D eigenvalue weighted by atomic mass is 79.9. The second-order valence-corrected chi connectivity index (χ2v) is 9.44. The van der Waals surface area contributed by atoms with E-state index in [-0.39, 0.29) is 10.7 Å². The van der Waals surface area contributed by atoms with Crippen LogP contribution in [0.4, 0.5) is 4.39 Å².